The summed E-state index contributed by atoms with van der Waals surface area (Å²) in [5.74, 6) is 0.848. The van der Waals surface area contributed by atoms with Gasteiger partial charge in [-0.2, -0.15) is 0 Å². The molecular formula is C21H27NO4. The van der Waals surface area contributed by atoms with Gasteiger partial charge in [-0.1, -0.05) is 19.4 Å². The number of phenolic OH excluding ortho intramolecular Hbond substituents is 1. The molecule has 4 aliphatic rings. The maximum absolute atomic E-state index is 12.9. The van der Waals surface area contributed by atoms with Gasteiger partial charge >= 0.3 is 0 Å². The summed E-state index contributed by atoms with van der Waals surface area (Å²) in [4.78, 5) is 15.3. The summed E-state index contributed by atoms with van der Waals surface area (Å²) >= 11 is 0. The Kier molecular flexibility index (Phi) is 3.48. The minimum absolute atomic E-state index is 0.153. The van der Waals surface area contributed by atoms with Crippen LogP contribution in [0.2, 0.25) is 0 Å². The normalized spacial score (nSPS) is 37.4. The van der Waals surface area contributed by atoms with Crippen molar-refractivity contribution in [3.05, 3.63) is 23.3 Å². The molecule has 2 aliphatic heterocycles. The predicted molar refractivity (Wildman–Crippen MR) is 96.8 cm³/mol. The van der Waals surface area contributed by atoms with Crippen LogP contribution in [-0.2, 0) is 21.4 Å². The molecule has 2 fully saturated rings. The van der Waals surface area contributed by atoms with E-state index < -0.39 is 17.1 Å². The van der Waals surface area contributed by atoms with Crippen LogP contribution in [0, 0.1) is 0 Å². The van der Waals surface area contributed by atoms with E-state index in [1.165, 1.54) is 5.56 Å². The van der Waals surface area contributed by atoms with Crippen LogP contribution in [-0.4, -0.2) is 53.7 Å². The van der Waals surface area contributed by atoms with E-state index in [0.717, 1.165) is 44.2 Å². The van der Waals surface area contributed by atoms with E-state index in [4.69, 9.17) is 9.47 Å². The van der Waals surface area contributed by atoms with E-state index in [1.807, 2.05) is 6.07 Å². The molecule has 140 valence electrons. The van der Waals surface area contributed by atoms with E-state index in [2.05, 4.69) is 18.9 Å². The molecule has 4 atom stereocenters. The zero-order chi connectivity index (χ0) is 18.1. The van der Waals surface area contributed by atoms with E-state index in [0.29, 0.717) is 18.8 Å². The van der Waals surface area contributed by atoms with Gasteiger partial charge in [-0.15, -0.1) is 0 Å². The molecule has 0 radical (unpaired) electrons. The van der Waals surface area contributed by atoms with Gasteiger partial charge in [-0.3, -0.25) is 4.79 Å². The molecule has 5 heteroatoms. The fraction of sp³-hybridized carbons (Fsp3) is 0.667. The van der Waals surface area contributed by atoms with Crippen LogP contribution in [0.25, 0.3) is 0 Å². The second-order valence-electron chi connectivity index (χ2n) is 8.43. The highest BCUT2D eigenvalue weighted by molar-refractivity contribution is 5.90. The molecule has 1 aromatic carbocycles. The van der Waals surface area contributed by atoms with Crippen molar-refractivity contribution in [2.75, 3.05) is 20.2 Å². The number of ketones is 1. The highest BCUT2D eigenvalue weighted by Crippen LogP contribution is 2.65. The van der Waals surface area contributed by atoms with Crippen molar-refractivity contribution in [1.82, 2.24) is 4.90 Å². The first-order valence-corrected chi connectivity index (χ1v) is 9.94. The third-order valence-corrected chi connectivity index (χ3v) is 7.34. The third-order valence-electron chi connectivity index (χ3n) is 7.34. The van der Waals surface area contributed by atoms with Crippen molar-refractivity contribution in [2.45, 2.75) is 68.6 Å². The Balaban J connectivity index is 1.75. The molecule has 0 amide bonds. The number of phenols is 1. The predicted octanol–water partition coefficient (Wildman–Crippen LogP) is 2.57. The number of carbonyl (C=O) groups excluding carboxylic acids is 1. The Bertz CT molecular complexity index is 778. The highest BCUT2D eigenvalue weighted by Gasteiger charge is 2.73. The molecule has 5 rings (SSSR count). The number of ether oxygens (including phenoxy) is 2. The van der Waals surface area contributed by atoms with Gasteiger partial charge in [-0.05, 0) is 50.9 Å². The second-order valence-corrected chi connectivity index (χ2v) is 8.43. The molecule has 2 bridgehead atoms. The second kappa shape index (κ2) is 5.46. The number of likely N-dealkylation sites (N-methyl/N-ethyl adjacent to an activating group) is 1. The van der Waals surface area contributed by atoms with E-state index >= 15 is 0 Å². The van der Waals surface area contributed by atoms with Crippen LogP contribution < -0.4 is 4.74 Å². The summed E-state index contributed by atoms with van der Waals surface area (Å²) < 4.78 is 12.9. The number of aromatic hydroxyl groups is 1. The summed E-state index contributed by atoms with van der Waals surface area (Å²) in [6.45, 7) is 3.81. The number of hydrogen-bond acceptors (Lipinski definition) is 5. The lowest BCUT2D eigenvalue weighted by molar-refractivity contribution is -0.210. The Morgan fingerprint density at radius 3 is 3.04 bits per heavy atom. The van der Waals surface area contributed by atoms with Crippen LogP contribution >= 0.6 is 0 Å². The molecule has 1 saturated heterocycles. The summed E-state index contributed by atoms with van der Waals surface area (Å²) in [7, 11) is 2.18. The average molecular weight is 357 g/mol. The first-order valence-electron chi connectivity index (χ1n) is 9.94. The minimum Gasteiger partial charge on any atom is -0.504 e. The maximum atomic E-state index is 12.9. The number of piperidine rings is 1. The molecule has 1 unspecified atom stereocenters. The zero-order valence-electron chi connectivity index (χ0n) is 15.6. The molecule has 2 heterocycles. The van der Waals surface area contributed by atoms with Gasteiger partial charge in [-0.25, -0.2) is 0 Å². The molecule has 1 aromatic rings. The summed E-state index contributed by atoms with van der Waals surface area (Å²) in [5, 5.41) is 10.5. The van der Waals surface area contributed by atoms with Crippen LogP contribution in [0.5, 0.6) is 11.5 Å². The number of benzene rings is 1. The van der Waals surface area contributed by atoms with Crippen molar-refractivity contribution >= 4 is 5.78 Å². The van der Waals surface area contributed by atoms with Gasteiger partial charge in [0.25, 0.3) is 0 Å². The molecule has 2 aliphatic carbocycles. The van der Waals surface area contributed by atoms with Gasteiger partial charge in [0.2, 0.25) is 0 Å². The van der Waals surface area contributed by atoms with Crippen molar-refractivity contribution in [3.8, 4) is 11.5 Å². The molecule has 1 spiro atoms. The Morgan fingerprint density at radius 2 is 2.23 bits per heavy atom. The number of nitrogens with zero attached hydrogens (tertiary/aromatic N) is 1. The van der Waals surface area contributed by atoms with Crippen LogP contribution in [0.3, 0.4) is 0 Å². The Hall–Kier alpha value is -1.59. The van der Waals surface area contributed by atoms with E-state index in [1.54, 1.807) is 6.07 Å². The molecule has 1 N–H and O–H groups in total. The van der Waals surface area contributed by atoms with E-state index in [-0.39, 0.29) is 17.6 Å². The highest BCUT2D eigenvalue weighted by atomic mass is 16.5. The quantitative estimate of drug-likeness (QED) is 0.840. The van der Waals surface area contributed by atoms with Crippen molar-refractivity contribution < 1.29 is 19.4 Å². The minimum atomic E-state index is -0.517. The number of likely N-dealkylation sites (tertiary alicyclic amines) is 1. The lowest BCUT2D eigenvalue weighted by atomic mass is 9.49. The monoisotopic (exact) mass is 357 g/mol. The van der Waals surface area contributed by atoms with Gasteiger partial charge in [0, 0.05) is 24.6 Å². The van der Waals surface area contributed by atoms with Crippen LogP contribution in [0.1, 0.15) is 50.2 Å². The maximum Gasteiger partial charge on any atom is 0.174 e. The van der Waals surface area contributed by atoms with Gasteiger partial charge in [0.05, 0.1) is 11.0 Å². The first-order chi connectivity index (χ1) is 12.5. The standard InChI is InChI=1S/C21H27NO4/c1-3-4-11-25-21-8-7-15(24)19-20(21)9-10-22(2)16(21)12-13-5-6-14(23)18(26-19)17(13)20/h5-6,16,19,23H,3-4,7-12H2,1-2H3/t16-,19?,20+,21-/m1/s1. The lowest BCUT2D eigenvalue weighted by Gasteiger charge is -2.64. The number of hydrogen-bond donors (Lipinski definition) is 1. The largest absolute Gasteiger partial charge is 0.504 e. The van der Waals surface area contributed by atoms with E-state index in [9.17, 15) is 9.90 Å². The summed E-state index contributed by atoms with van der Waals surface area (Å²) in [6.07, 6.45) is 4.56. The van der Waals surface area contributed by atoms with Crippen LogP contribution in [0.15, 0.2) is 12.1 Å². The summed E-state index contributed by atoms with van der Waals surface area (Å²) in [6, 6.07) is 3.98. The first kappa shape index (κ1) is 16.6. The van der Waals surface area contributed by atoms with Crippen molar-refractivity contribution in [3.63, 3.8) is 0 Å². The Morgan fingerprint density at radius 1 is 1.38 bits per heavy atom. The fourth-order valence-electron chi connectivity index (χ4n) is 6.20. The average Bonchev–Trinajstić information content (AvgIpc) is 2.99. The number of carbonyl (C=O) groups is 1. The molecular weight excluding hydrogens is 330 g/mol. The van der Waals surface area contributed by atoms with Gasteiger partial charge < -0.3 is 19.5 Å². The van der Waals surface area contributed by atoms with Crippen LogP contribution in [0.4, 0.5) is 0 Å². The molecule has 0 aromatic heterocycles. The fourth-order valence-corrected chi connectivity index (χ4v) is 6.20. The SMILES string of the molecule is CCCCO[C@@]12CCC(=O)C3Oc4c(O)ccc5c4[C@@]31CCN(C)[C@@H]2C5. The van der Waals surface area contributed by atoms with Crippen molar-refractivity contribution in [2.24, 2.45) is 0 Å². The Labute approximate surface area is 154 Å². The molecule has 26 heavy (non-hydrogen) atoms. The molecule has 5 nitrogen and oxygen atoms in total. The zero-order valence-corrected chi connectivity index (χ0v) is 15.6. The number of rotatable bonds is 4. The number of Topliss-reactive ketones (excluding diaryl/α,β-unsaturated/α-hetero) is 1. The third kappa shape index (κ3) is 1.76. The lowest BCUT2D eigenvalue weighted by Crippen LogP contribution is -2.77. The topological polar surface area (TPSA) is 59.0 Å². The van der Waals surface area contributed by atoms with Gasteiger partial charge in [0.15, 0.2) is 23.4 Å². The smallest absolute Gasteiger partial charge is 0.174 e. The van der Waals surface area contributed by atoms with Gasteiger partial charge in [0.1, 0.15) is 0 Å². The molecule has 1 saturated carbocycles. The summed E-state index contributed by atoms with van der Waals surface area (Å²) in [5.41, 5.74) is 1.42. The number of unbranched alkanes of at least 4 members (excludes halogenated alkanes) is 1. The van der Waals surface area contributed by atoms with Crippen molar-refractivity contribution in [1.29, 1.82) is 0 Å².